The number of carbonyl (C=O) groups excluding carboxylic acids is 3. The molecule has 5 nitrogen and oxygen atoms in total. The molecule has 0 radical (unpaired) electrons. The van der Waals surface area contributed by atoms with Gasteiger partial charge >= 0.3 is 12.1 Å². The normalized spacial score (nSPS) is 18.0. The number of benzene rings is 1. The maximum absolute atomic E-state index is 13.2. The Hall–Kier alpha value is -1.74. The standard InChI is InChI=1S/C15H13ClF3NO4S/c1-2-24-13(22)7-25-11-6-12(21)20(14(11)23)10-4-3-8(16)5-9(10)15(17,18)19/h3-5,11H,2,6-7H2,1H3. The molecule has 25 heavy (non-hydrogen) atoms. The van der Waals surface area contributed by atoms with E-state index in [-0.39, 0.29) is 23.8 Å². The van der Waals surface area contributed by atoms with Crippen LogP contribution in [0.25, 0.3) is 0 Å². The number of nitrogens with zero attached hydrogens (tertiary/aromatic N) is 1. The van der Waals surface area contributed by atoms with E-state index < -0.39 is 40.5 Å². The summed E-state index contributed by atoms with van der Waals surface area (Å²) in [5.41, 5.74) is -1.73. The van der Waals surface area contributed by atoms with Gasteiger partial charge in [0.15, 0.2) is 0 Å². The van der Waals surface area contributed by atoms with Crippen LogP contribution in [0.5, 0.6) is 0 Å². The van der Waals surface area contributed by atoms with Gasteiger partial charge in [-0.25, -0.2) is 4.90 Å². The van der Waals surface area contributed by atoms with Crippen LogP contribution in [0.15, 0.2) is 18.2 Å². The topological polar surface area (TPSA) is 63.7 Å². The van der Waals surface area contributed by atoms with Crippen LogP contribution in [0.4, 0.5) is 18.9 Å². The molecule has 2 rings (SSSR count). The highest BCUT2D eigenvalue weighted by atomic mass is 35.5. The fourth-order valence-electron chi connectivity index (χ4n) is 2.29. The molecular formula is C15H13ClF3NO4S. The highest BCUT2D eigenvalue weighted by Crippen LogP contribution is 2.40. The second-order valence-electron chi connectivity index (χ2n) is 5.04. The third kappa shape index (κ3) is 4.46. The van der Waals surface area contributed by atoms with Gasteiger partial charge in [0.1, 0.15) is 0 Å². The number of anilines is 1. The molecule has 0 saturated carbocycles. The quantitative estimate of drug-likeness (QED) is 0.565. The Bertz CT molecular complexity index is 711. The van der Waals surface area contributed by atoms with Gasteiger partial charge in [-0.15, -0.1) is 11.8 Å². The summed E-state index contributed by atoms with van der Waals surface area (Å²) in [4.78, 5) is 36.3. The number of hydrogen-bond acceptors (Lipinski definition) is 5. The third-order valence-corrected chi connectivity index (χ3v) is 4.73. The van der Waals surface area contributed by atoms with Crippen molar-refractivity contribution in [3.05, 3.63) is 28.8 Å². The van der Waals surface area contributed by atoms with E-state index in [2.05, 4.69) is 0 Å². The van der Waals surface area contributed by atoms with Crippen LogP contribution < -0.4 is 4.90 Å². The molecule has 0 spiro atoms. The highest BCUT2D eigenvalue weighted by Gasteiger charge is 2.44. The SMILES string of the molecule is CCOC(=O)CSC1CC(=O)N(c2ccc(Cl)cc2C(F)(F)F)C1=O. The first-order valence-electron chi connectivity index (χ1n) is 7.16. The average molecular weight is 396 g/mol. The van der Waals surface area contributed by atoms with Crippen LogP contribution in [0.3, 0.4) is 0 Å². The van der Waals surface area contributed by atoms with E-state index in [9.17, 15) is 27.6 Å². The van der Waals surface area contributed by atoms with Crippen molar-refractivity contribution in [2.45, 2.75) is 24.8 Å². The molecule has 0 aliphatic carbocycles. The number of alkyl halides is 3. The number of imide groups is 1. The summed E-state index contributed by atoms with van der Waals surface area (Å²) in [5.74, 6) is -2.29. The Morgan fingerprint density at radius 3 is 2.68 bits per heavy atom. The van der Waals surface area contributed by atoms with E-state index in [1.54, 1.807) is 6.92 Å². The Morgan fingerprint density at radius 1 is 1.40 bits per heavy atom. The monoisotopic (exact) mass is 395 g/mol. The van der Waals surface area contributed by atoms with Crippen LogP contribution in [0, 0.1) is 0 Å². The van der Waals surface area contributed by atoms with Crippen molar-refractivity contribution in [1.29, 1.82) is 0 Å². The highest BCUT2D eigenvalue weighted by molar-refractivity contribution is 8.01. The van der Waals surface area contributed by atoms with E-state index in [1.165, 1.54) is 6.07 Å². The molecule has 1 saturated heterocycles. The minimum Gasteiger partial charge on any atom is -0.465 e. The van der Waals surface area contributed by atoms with Crippen LogP contribution in [-0.4, -0.2) is 35.4 Å². The number of amides is 2. The van der Waals surface area contributed by atoms with E-state index in [4.69, 9.17) is 16.3 Å². The zero-order valence-corrected chi connectivity index (χ0v) is 14.5. The average Bonchev–Trinajstić information content (AvgIpc) is 2.79. The minimum absolute atomic E-state index is 0.164. The van der Waals surface area contributed by atoms with E-state index >= 15 is 0 Å². The molecule has 0 N–H and O–H groups in total. The molecule has 1 heterocycles. The second kappa shape index (κ2) is 7.65. The molecule has 1 aromatic rings. The smallest absolute Gasteiger partial charge is 0.418 e. The number of hydrogen-bond donors (Lipinski definition) is 0. The maximum atomic E-state index is 13.2. The summed E-state index contributed by atoms with van der Waals surface area (Å²) in [6.45, 7) is 1.79. The van der Waals surface area contributed by atoms with Gasteiger partial charge in [0.05, 0.1) is 28.9 Å². The van der Waals surface area contributed by atoms with Gasteiger partial charge in [-0.3, -0.25) is 14.4 Å². The molecule has 1 atom stereocenters. The van der Waals surface area contributed by atoms with Crippen molar-refractivity contribution in [1.82, 2.24) is 0 Å². The summed E-state index contributed by atoms with van der Waals surface area (Å²) in [6.07, 6.45) is -5.07. The summed E-state index contributed by atoms with van der Waals surface area (Å²) in [7, 11) is 0. The molecule has 1 aromatic carbocycles. The molecule has 1 unspecified atom stereocenters. The number of carbonyl (C=O) groups is 3. The first kappa shape index (κ1) is 19.6. The second-order valence-corrected chi connectivity index (χ2v) is 6.66. The van der Waals surface area contributed by atoms with Gasteiger partial charge in [-0.05, 0) is 25.1 Å². The van der Waals surface area contributed by atoms with Crippen LogP contribution in [-0.2, 0) is 25.3 Å². The number of ether oxygens (including phenoxy) is 1. The lowest BCUT2D eigenvalue weighted by Crippen LogP contribution is -2.33. The molecule has 136 valence electrons. The Morgan fingerprint density at radius 2 is 2.08 bits per heavy atom. The van der Waals surface area contributed by atoms with Gasteiger partial charge in [0.25, 0.3) is 0 Å². The third-order valence-electron chi connectivity index (χ3n) is 3.32. The Labute approximate surface area is 150 Å². The zero-order valence-electron chi connectivity index (χ0n) is 12.9. The molecule has 1 fully saturated rings. The van der Waals surface area contributed by atoms with E-state index in [1.807, 2.05) is 0 Å². The first-order valence-corrected chi connectivity index (χ1v) is 8.58. The van der Waals surface area contributed by atoms with Crippen LogP contribution in [0.2, 0.25) is 5.02 Å². The molecule has 0 aromatic heterocycles. The van der Waals surface area contributed by atoms with E-state index in [0.29, 0.717) is 11.0 Å². The Kier molecular flexibility index (Phi) is 5.99. The number of esters is 1. The first-order chi connectivity index (χ1) is 11.6. The molecule has 1 aliphatic heterocycles. The predicted octanol–water partition coefficient (Wildman–Crippen LogP) is 3.29. The lowest BCUT2D eigenvalue weighted by molar-refractivity contribution is -0.140. The van der Waals surface area contributed by atoms with E-state index in [0.717, 1.165) is 17.8 Å². The van der Waals surface area contributed by atoms with Crippen LogP contribution >= 0.6 is 23.4 Å². The van der Waals surface area contributed by atoms with Crippen molar-refractivity contribution >= 4 is 46.8 Å². The van der Waals surface area contributed by atoms with Crippen molar-refractivity contribution in [2.75, 3.05) is 17.3 Å². The van der Waals surface area contributed by atoms with Gasteiger partial charge in [0.2, 0.25) is 11.8 Å². The molecule has 1 aliphatic rings. The van der Waals surface area contributed by atoms with Gasteiger partial charge in [-0.1, -0.05) is 11.6 Å². The predicted molar refractivity (Wildman–Crippen MR) is 86.4 cm³/mol. The summed E-state index contributed by atoms with van der Waals surface area (Å²) in [6, 6.07) is 2.82. The minimum atomic E-state index is -4.78. The van der Waals surface area contributed by atoms with Crippen LogP contribution in [0.1, 0.15) is 18.9 Å². The van der Waals surface area contributed by atoms with Crippen molar-refractivity contribution in [3.8, 4) is 0 Å². The summed E-state index contributed by atoms with van der Waals surface area (Å²) >= 11 is 6.47. The van der Waals surface area contributed by atoms with Crippen molar-refractivity contribution < 1.29 is 32.3 Å². The molecule has 10 heteroatoms. The summed E-state index contributed by atoms with van der Waals surface area (Å²) in [5, 5.41) is -1.10. The van der Waals surface area contributed by atoms with Gasteiger partial charge < -0.3 is 4.74 Å². The number of halogens is 4. The lowest BCUT2D eigenvalue weighted by Gasteiger charge is -2.20. The zero-order chi connectivity index (χ0) is 18.8. The van der Waals surface area contributed by atoms with Crippen molar-refractivity contribution in [2.24, 2.45) is 0 Å². The lowest BCUT2D eigenvalue weighted by atomic mass is 10.1. The Balaban J connectivity index is 2.25. The number of rotatable bonds is 5. The maximum Gasteiger partial charge on any atom is 0.418 e. The molecule has 0 bridgehead atoms. The number of thioether (sulfide) groups is 1. The van der Waals surface area contributed by atoms with Gasteiger partial charge in [-0.2, -0.15) is 13.2 Å². The van der Waals surface area contributed by atoms with Crippen molar-refractivity contribution in [3.63, 3.8) is 0 Å². The van der Waals surface area contributed by atoms with Gasteiger partial charge in [0, 0.05) is 11.4 Å². The fourth-order valence-corrected chi connectivity index (χ4v) is 3.39. The largest absolute Gasteiger partial charge is 0.465 e. The molecular weight excluding hydrogens is 383 g/mol. The molecule has 2 amide bonds. The summed E-state index contributed by atoms with van der Waals surface area (Å²) < 4.78 is 44.3. The fraction of sp³-hybridized carbons (Fsp3) is 0.400.